The summed E-state index contributed by atoms with van der Waals surface area (Å²) in [6, 6.07) is 81.8. The normalized spacial score (nSPS) is 19.0. The summed E-state index contributed by atoms with van der Waals surface area (Å²) in [6.07, 6.45) is 4.68. The maximum absolute atomic E-state index is 2.60. The molecular weight excluding hydrogens is 797 g/mol. The fourth-order valence-corrected chi connectivity index (χ4v) is 13.3. The first-order valence-electron chi connectivity index (χ1n) is 23.9. The van der Waals surface area contributed by atoms with E-state index in [1.54, 1.807) is 0 Å². The van der Waals surface area contributed by atoms with Gasteiger partial charge < -0.3 is 9.80 Å². The van der Waals surface area contributed by atoms with Crippen LogP contribution in [0, 0.1) is 11.8 Å². The number of hydrogen-bond acceptors (Lipinski definition) is 2. The summed E-state index contributed by atoms with van der Waals surface area (Å²) in [6.45, 7) is 4.79. The van der Waals surface area contributed by atoms with Crippen LogP contribution in [-0.4, -0.2) is 0 Å². The van der Waals surface area contributed by atoms with Gasteiger partial charge in [0.25, 0.3) is 0 Å². The minimum absolute atomic E-state index is 0.104. The molecule has 13 rings (SSSR count). The van der Waals surface area contributed by atoms with E-state index in [-0.39, 0.29) is 10.8 Å². The highest BCUT2D eigenvalue weighted by atomic mass is 15.2. The Labute approximate surface area is 389 Å². The van der Waals surface area contributed by atoms with E-state index < -0.39 is 0 Å². The van der Waals surface area contributed by atoms with Gasteiger partial charge in [0.05, 0.1) is 11.4 Å². The highest BCUT2D eigenvalue weighted by Gasteiger charge is 2.62. The van der Waals surface area contributed by atoms with Gasteiger partial charge in [0.1, 0.15) is 0 Å². The second-order valence-corrected chi connectivity index (χ2v) is 19.6. The van der Waals surface area contributed by atoms with Crippen molar-refractivity contribution in [3.63, 3.8) is 0 Å². The average Bonchev–Trinajstić information content (AvgIpc) is 4.07. The maximum atomic E-state index is 2.60. The van der Waals surface area contributed by atoms with Gasteiger partial charge in [-0.2, -0.15) is 0 Å². The molecule has 0 saturated heterocycles. The van der Waals surface area contributed by atoms with Gasteiger partial charge in [-0.3, -0.25) is 0 Å². The van der Waals surface area contributed by atoms with Gasteiger partial charge in [-0.1, -0.05) is 172 Å². The highest BCUT2D eigenvalue weighted by Crippen LogP contribution is 2.69. The smallest absolute Gasteiger partial charge is 0.0505 e. The van der Waals surface area contributed by atoms with Crippen molar-refractivity contribution in [3.8, 4) is 33.4 Å². The van der Waals surface area contributed by atoms with Crippen molar-refractivity contribution in [1.82, 2.24) is 0 Å². The predicted octanol–water partition coefficient (Wildman–Crippen LogP) is 16.7. The average molecular weight is 849 g/mol. The molecule has 2 heteroatoms. The molecule has 3 atom stereocenters. The van der Waals surface area contributed by atoms with Gasteiger partial charge in [0.15, 0.2) is 0 Å². The van der Waals surface area contributed by atoms with E-state index in [1.807, 2.05) is 0 Å². The third-order valence-corrected chi connectivity index (χ3v) is 16.0. The zero-order valence-corrected chi connectivity index (χ0v) is 37.7. The number of rotatable bonds is 8. The van der Waals surface area contributed by atoms with Crippen LogP contribution in [0.5, 0.6) is 0 Å². The van der Waals surface area contributed by atoms with Crippen molar-refractivity contribution in [2.45, 2.75) is 50.4 Å². The second-order valence-electron chi connectivity index (χ2n) is 19.6. The zero-order valence-electron chi connectivity index (χ0n) is 37.7. The second kappa shape index (κ2) is 15.1. The van der Waals surface area contributed by atoms with Gasteiger partial charge in [-0.15, -0.1) is 0 Å². The largest absolute Gasteiger partial charge is 0.310 e. The van der Waals surface area contributed by atoms with Crippen molar-refractivity contribution < 1.29 is 0 Å². The zero-order chi connectivity index (χ0) is 44.0. The van der Waals surface area contributed by atoms with E-state index in [0.29, 0.717) is 11.8 Å². The monoisotopic (exact) mass is 848 g/mol. The number of benzene rings is 9. The molecule has 0 aliphatic heterocycles. The van der Waals surface area contributed by atoms with E-state index in [0.717, 1.165) is 12.8 Å². The molecule has 4 aliphatic carbocycles. The van der Waals surface area contributed by atoms with Crippen LogP contribution in [0.25, 0.3) is 33.4 Å². The molecular formula is C64H52N2. The Balaban J connectivity index is 0.992. The van der Waals surface area contributed by atoms with E-state index in [2.05, 4.69) is 242 Å². The maximum Gasteiger partial charge on any atom is 0.0505 e. The first-order chi connectivity index (χ1) is 32.5. The molecule has 1 spiro atoms. The van der Waals surface area contributed by atoms with Gasteiger partial charge >= 0.3 is 0 Å². The molecule has 9 aromatic rings. The lowest BCUT2D eigenvalue weighted by molar-refractivity contribution is 0.350. The topological polar surface area (TPSA) is 6.48 Å². The highest BCUT2D eigenvalue weighted by molar-refractivity contribution is 5.90. The summed E-state index contributed by atoms with van der Waals surface area (Å²) in [5.74, 6) is 1.03. The van der Waals surface area contributed by atoms with Crippen LogP contribution in [0.3, 0.4) is 0 Å². The van der Waals surface area contributed by atoms with Gasteiger partial charge in [-0.05, 0) is 165 Å². The summed E-state index contributed by atoms with van der Waals surface area (Å²) in [4.78, 5) is 5.17. The molecule has 3 unspecified atom stereocenters. The van der Waals surface area contributed by atoms with Crippen LogP contribution >= 0.6 is 0 Å². The Hall–Kier alpha value is -7.42. The molecule has 4 aliphatic rings. The Kier molecular flexibility index (Phi) is 8.90. The molecule has 0 heterocycles. The standard InChI is InChI=1S/C64H52N2/c1-63(2)57-29-15-14-28-55(57)56-39-38-52(42-58(56)63)66(50-24-10-5-11-25-50)60-31-17-21-46-41-48-35-34-47-40-45-20-16-30-59(61(45)64(47,48)62(46)60)65(49-22-8-4-9-23-49)51-36-32-44(33-37-51)54-27-13-12-26-53(54)43-18-6-3-7-19-43/h3-33,36-39,42,47-48H,34-35,40-41H2,1-2H3. The van der Waals surface area contributed by atoms with Gasteiger partial charge in [0.2, 0.25) is 0 Å². The number of para-hydroxylation sites is 2. The molecule has 9 aromatic carbocycles. The van der Waals surface area contributed by atoms with Crippen LogP contribution in [0.4, 0.5) is 34.1 Å². The van der Waals surface area contributed by atoms with Gasteiger partial charge in [0, 0.05) is 33.6 Å². The Morgan fingerprint density at radius 3 is 1.38 bits per heavy atom. The molecule has 318 valence electrons. The van der Waals surface area contributed by atoms with E-state index in [9.17, 15) is 0 Å². The van der Waals surface area contributed by atoms with Crippen LogP contribution < -0.4 is 9.80 Å². The summed E-state index contributed by atoms with van der Waals surface area (Å²) in [7, 11) is 0. The van der Waals surface area contributed by atoms with E-state index in [1.165, 1.54) is 114 Å². The molecule has 0 N–H and O–H groups in total. The molecule has 0 bridgehead atoms. The van der Waals surface area contributed by atoms with Crippen molar-refractivity contribution in [2.75, 3.05) is 9.80 Å². The minimum atomic E-state index is -0.140. The number of nitrogens with zero attached hydrogens (tertiary/aromatic N) is 2. The Morgan fingerprint density at radius 2 is 0.803 bits per heavy atom. The third kappa shape index (κ3) is 5.73. The number of hydrogen-bond donors (Lipinski definition) is 0. The van der Waals surface area contributed by atoms with E-state index in [4.69, 9.17) is 0 Å². The SMILES string of the molecule is CC1(C)c2ccccc2-c2ccc(N(c3ccccc3)c3cccc4c3C35c6c(cccc6N(c6ccccc6)c6ccc(-c7ccccc7-c7ccccc7)cc6)CC3CCC5C4)cc21. The number of fused-ring (bicyclic) bond motifs is 5. The molecule has 2 nitrogen and oxygen atoms in total. The molecule has 0 amide bonds. The first kappa shape index (κ1) is 39.0. The van der Waals surface area contributed by atoms with Crippen LogP contribution in [0.15, 0.2) is 218 Å². The lowest BCUT2D eigenvalue weighted by atomic mass is 9.68. The molecule has 0 aromatic heterocycles. The van der Waals surface area contributed by atoms with Crippen molar-refractivity contribution >= 4 is 34.1 Å². The summed E-state index contributed by atoms with van der Waals surface area (Å²) >= 11 is 0. The number of anilines is 6. The third-order valence-electron chi connectivity index (χ3n) is 16.0. The van der Waals surface area contributed by atoms with Gasteiger partial charge in [-0.25, -0.2) is 0 Å². The van der Waals surface area contributed by atoms with E-state index >= 15 is 0 Å². The molecule has 1 saturated carbocycles. The summed E-state index contributed by atoms with van der Waals surface area (Å²) < 4.78 is 0. The Morgan fingerprint density at radius 1 is 0.364 bits per heavy atom. The van der Waals surface area contributed by atoms with Crippen molar-refractivity contribution in [2.24, 2.45) is 11.8 Å². The van der Waals surface area contributed by atoms with Crippen molar-refractivity contribution in [3.05, 3.63) is 252 Å². The fourth-order valence-electron chi connectivity index (χ4n) is 13.3. The van der Waals surface area contributed by atoms with Crippen LogP contribution in [0.1, 0.15) is 60.1 Å². The summed E-state index contributed by atoms with van der Waals surface area (Å²) in [5, 5.41) is 0. The lowest BCUT2D eigenvalue weighted by Crippen LogP contribution is -2.34. The quantitative estimate of drug-likeness (QED) is 0.150. The van der Waals surface area contributed by atoms with Crippen molar-refractivity contribution in [1.29, 1.82) is 0 Å². The molecule has 66 heavy (non-hydrogen) atoms. The predicted molar refractivity (Wildman–Crippen MR) is 275 cm³/mol. The van der Waals surface area contributed by atoms with Crippen LogP contribution in [0.2, 0.25) is 0 Å². The molecule has 1 fully saturated rings. The minimum Gasteiger partial charge on any atom is -0.310 e. The van der Waals surface area contributed by atoms with Crippen LogP contribution in [-0.2, 0) is 23.7 Å². The lowest BCUT2D eigenvalue weighted by Gasteiger charge is -2.40. The first-order valence-corrected chi connectivity index (χ1v) is 23.9. The summed E-state index contributed by atoms with van der Waals surface area (Å²) in [5.41, 5.74) is 23.7. The Bertz CT molecular complexity index is 3290. The molecule has 0 radical (unpaired) electrons. The fraction of sp³-hybridized carbons (Fsp3) is 0.156.